The number of nitrogens with zero attached hydrogens (tertiary/aromatic N) is 2. The molecular formula is C19H33ClN2O4. The van der Waals surface area contributed by atoms with Gasteiger partial charge in [-0.2, -0.15) is 4.68 Å². The van der Waals surface area contributed by atoms with Gasteiger partial charge in [-0.25, -0.2) is 18.6 Å². The van der Waals surface area contributed by atoms with E-state index in [0.29, 0.717) is 0 Å². The molecule has 1 heterocycles. The molecule has 2 fully saturated rings. The molecule has 0 unspecified atom stereocenters. The first-order chi connectivity index (χ1) is 12.2. The summed E-state index contributed by atoms with van der Waals surface area (Å²) in [4.78, 5) is 0. The SMILES string of the molecule is Cn1c(CC2CCCCC2)cc(CC2CCCCC2)[n+]1C.[O-][Cl+3]([O-])([O-])[O-]. The fourth-order valence-electron chi connectivity index (χ4n) is 4.52. The van der Waals surface area contributed by atoms with E-state index in [1.165, 1.54) is 77.0 Å². The molecule has 1 aromatic rings. The number of rotatable bonds is 4. The average molecular weight is 389 g/mol. The normalized spacial score (nSPS) is 19.9. The van der Waals surface area contributed by atoms with Crippen LogP contribution in [-0.4, -0.2) is 4.68 Å². The largest absolute Gasteiger partial charge is 0.222 e. The van der Waals surface area contributed by atoms with Crippen molar-refractivity contribution < 1.29 is 33.6 Å². The van der Waals surface area contributed by atoms with Crippen molar-refractivity contribution in [3.05, 3.63) is 17.5 Å². The van der Waals surface area contributed by atoms with Gasteiger partial charge >= 0.3 is 0 Å². The van der Waals surface area contributed by atoms with E-state index in [9.17, 15) is 0 Å². The van der Waals surface area contributed by atoms with E-state index in [-0.39, 0.29) is 0 Å². The molecule has 0 aliphatic heterocycles. The Balaban J connectivity index is 0.000000431. The summed E-state index contributed by atoms with van der Waals surface area (Å²) in [5.41, 5.74) is 3.13. The van der Waals surface area contributed by atoms with Gasteiger partial charge in [0, 0.05) is 12.5 Å². The molecule has 0 radical (unpaired) electrons. The maximum Gasteiger partial charge on any atom is 0.208 e. The standard InChI is InChI=1S/C19H33N2.ClHO4/c1-20-18(13-16-9-5-3-6-10-16)15-19(21(20)2)14-17-11-7-4-8-12-17;2-1(3,4)5/h15-17H,3-14H2,1-2H3;(H,2,3,4,5)/q+1;/p-1. The van der Waals surface area contributed by atoms with Crippen LogP contribution in [0.4, 0.5) is 0 Å². The van der Waals surface area contributed by atoms with E-state index < -0.39 is 10.2 Å². The maximum atomic E-state index is 8.49. The Morgan fingerprint density at radius 2 is 1.31 bits per heavy atom. The van der Waals surface area contributed by atoms with Crippen LogP contribution in [0.2, 0.25) is 0 Å². The van der Waals surface area contributed by atoms with E-state index in [1.54, 1.807) is 11.4 Å². The van der Waals surface area contributed by atoms with Gasteiger partial charge in [0.15, 0.2) is 7.05 Å². The quantitative estimate of drug-likeness (QED) is 0.639. The first-order valence-electron chi connectivity index (χ1n) is 9.89. The van der Waals surface area contributed by atoms with Crippen LogP contribution in [0.1, 0.15) is 75.6 Å². The molecule has 0 amide bonds. The molecule has 0 spiro atoms. The summed E-state index contributed by atoms with van der Waals surface area (Å²) in [5, 5.41) is 0. The highest BCUT2D eigenvalue weighted by atomic mass is 35.7. The van der Waals surface area contributed by atoms with E-state index in [2.05, 4.69) is 29.5 Å². The lowest BCUT2D eigenvalue weighted by molar-refractivity contribution is -2.00. The molecule has 26 heavy (non-hydrogen) atoms. The number of aromatic nitrogens is 2. The zero-order chi connectivity index (χ0) is 19.2. The minimum absolute atomic E-state index is 0.940. The molecular weight excluding hydrogens is 356 g/mol. The molecule has 0 saturated heterocycles. The van der Waals surface area contributed by atoms with Crippen molar-refractivity contribution in [2.45, 2.75) is 77.0 Å². The summed E-state index contributed by atoms with van der Waals surface area (Å²) in [5.74, 6) is 1.88. The molecule has 150 valence electrons. The van der Waals surface area contributed by atoms with Gasteiger partial charge < -0.3 is 0 Å². The summed E-state index contributed by atoms with van der Waals surface area (Å²) in [6.07, 6.45) is 17.1. The molecule has 2 aliphatic carbocycles. The van der Waals surface area contributed by atoms with Crippen molar-refractivity contribution in [2.75, 3.05) is 0 Å². The highest BCUT2D eigenvalue weighted by molar-refractivity contribution is 5.07. The number of hydrogen-bond donors (Lipinski definition) is 0. The Morgan fingerprint density at radius 1 is 0.885 bits per heavy atom. The first kappa shape index (κ1) is 21.6. The Morgan fingerprint density at radius 3 is 1.77 bits per heavy atom. The van der Waals surface area contributed by atoms with Crippen LogP contribution in [0.25, 0.3) is 0 Å². The Labute approximate surface area is 159 Å². The third kappa shape index (κ3) is 7.53. The van der Waals surface area contributed by atoms with Crippen molar-refractivity contribution in [3.8, 4) is 0 Å². The molecule has 3 rings (SSSR count). The van der Waals surface area contributed by atoms with Gasteiger partial charge in [-0.05, 0) is 31.1 Å². The van der Waals surface area contributed by atoms with Crippen LogP contribution in [0, 0.1) is 22.1 Å². The van der Waals surface area contributed by atoms with E-state index >= 15 is 0 Å². The van der Waals surface area contributed by atoms with Crippen LogP contribution in [0.5, 0.6) is 0 Å². The fraction of sp³-hybridized carbons (Fsp3) is 0.842. The summed E-state index contributed by atoms with van der Waals surface area (Å²) in [6.45, 7) is 0. The molecule has 6 nitrogen and oxygen atoms in total. The van der Waals surface area contributed by atoms with Crippen molar-refractivity contribution >= 4 is 0 Å². The van der Waals surface area contributed by atoms with Gasteiger partial charge in [-0.15, -0.1) is 14.9 Å². The summed E-state index contributed by atoms with van der Waals surface area (Å²) in [6, 6.07) is 2.52. The van der Waals surface area contributed by atoms with Crippen LogP contribution < -0.4 is 23.3 Å². The van der Waals surface area contributed by atoms with Gasteiger partial charge in [0.25, 0.3) is 0 Å². The second-order valence-corrected chi connectivity index (χ2v) is 8.72. The summed E-state index contributed by atoms with van der Waals surface area (Å²) >= 11 is 0. The third-order valence-corrected chi connectivity index (χ3v) is 6.06. The van der Waals surface area contributed by atoms with Gasteiger partial charge in [0.05, 0.1) is 12.7 Å². The molecule has 7 heteroatoms. The minimum Gasteiger partial charge on any atom is -0.222 e. The van der Waals surface area contributed by atoms with Crippen LogP contribution in [0.3, 0.4) is 0 Å². The lowest BCUT2D eigenvalue weighted by Crippen LogP contribution is -2.68. The predicted octanol–water partition coefficient (Wildman–Crippen LogP) is -0.661. The van der Waals surface area contributed by atoms with E-state index in [1.807, 2.05) is 0 Å². The van der Waals surface area contributed by atoms with Crippen LogP contribution in [0.15, 0.2) is 6.07 Å². The molecule has 0 atom stereocenters. The molecule has 0 bridgehead atoms. The van der Waals surface area contributed by atoms with E-state index in [0.717, 1.165) is 11.8 Å². The average Bonchev–Trinajstić information content (AvgIpc) is 2.83. The monoisotopic (exact) mass is 388 g/mol. The fourth-order valence-corrected chi connectivity index (χ4v) is 4.52. The Hall–Kier alpha value is -0.660. The highest BCUT2D eigenvalue weighted by Gasteiger charge is 2.24. The van der Waals surface area contributed by atoms with Crippen molar-refractivity contribution in [1.82, 2.24) is 4.68 Å². The second kappa shape index (κ2) is 10.0. The summed E-state index contributed by atoms with van der Waals surface area (Å²) < 4.78 is 38.8. The van der Waals surface area contributed by atoms with Crippen molar-refractivity contribution in [2.24, 2.45) is 25.9 Å². The minimum atomic E-state index is -4.94. The molecule has 0 aromatic carbocycles. The van der Waals surface area contributed by atoms with Gasteiger partial charge in [-0.3, -0.25) is 0 Å². The Bertz CT molecular complexity index is 498. The third-order valence-electron chi connectivity index (χ3n) is 6.06. The highest BCUT2D eigenvalue weighted by Crippen LogP contribution is 2.28. The zero-order valence-corrected chi connectivity index (χ0v) is 16.9. The lowest BCUT2D eigenvalue weighted by Gasteiger charge is -2.20. The van der Waals surface area contributed by atoms with Gasteiger partial charge in [0.1, 0.15) is 0 Å². The van der Waals surface area contributed by atoms with Gasteiger partial charge in [0.2, 0.25) is 5.69 Å². The van der Waals surface area contributed by atoms with Crippen molar-refractivity contribution in [1.29, 1.82) is 0 Å². The molecule has 2 aliphatic rings. The smallest absolute Gasteiger partial charge is 0.208 e. The summed E-state index contributed by atoms with van der Waals surface area (Å²) in [7, 11) is -0.439. The molecule has 2 saturated carbocycles. The predicted molar refractivity (Wildman–Crippen MR) is 87.1 cm³/mol. The number of halogens is 1. The van der Waals surface area contributed by atoms with Gasteiger partial charge in [-0.1, -0.05) is 51.4 Å². The van der Waals surface area contributed by atoms with E-state index in [4.69, 9.17) is 18.6 Å². The topological polar surface area (TPSA) is 101 Å². The Kier molecular flexibility index (Phi) is 8.36. The zero-order valence-electron chi connectivity index (χ0n) is 16.1. The maximum absolute atomic E-state index is 8.49. The number of hydrogen-bond acceptors (Lipinski definition) is 4. The molecule has 1 aromatic heterocycles. The van der Waals surface area contributed by atoms with Crippen LogP contribution >= 0.6 is 0 Å². The first-order valence-corrected chi connectivity index (χ1v) is 11.1. The molecule has 0 N–H and O–H groups in total. The van der Waals surface area contributed by atoms with Crippen LogP contribution in [-0.2, 0) is 26.9 Å². The van der Waals surface area contributed by atoms with Crippen molar-refractivity contribution in [3.63, 3.8) is 0 Å². The lowest BCUT2D eigenvalue weighted by atomic mass is 9.85. The second-order valence-electron chi connectivity index (χ2n) is 7.97.